The smallest absolute Gasteiger partial charge is 0.142 e. The summed E-state index contributed by atoms with van der Waals surface area (Å²) in [6, 6.07) is 1.30. The molecule has 0 saturated carbocycles. The predicted octanol–water partition coefficient (Wildman–Crippen LogP) is 3.12. The van der Waals surface area contributed by atoms with Crippen molar-refractivity contribution in [3.05, 3.63) is 0 Å². The van der Waals surface area contributed by atoms with E-state index in [0.717, 1.165) is 25.5 Å². The highest BCUT2D eigenvalue weighted by molar-refractivity contribution is 6.38. The van der Waals surface area contributed by atoms with E-state index in [9.17, 15) is 0 Å². The molecule has 0 aromatic carbocycles. The molecule has 16 heavy (non-hydrogen) atoms. The Morgan fingerprint density at radius 1 is 1.00 bits per heavy atom. The molecule has 2 nitrogen and oxygen atoms in total. The minimum Gasteiger partial charge on any atom is -0.355 e. The Bertz CT molecular complexity index is 150. The number of rotatable bonds is 11. The molecule has 0 atom stereocenters. The van der Waals surface area contributed by atoms with Gasteiger partial charge in [-0.1, -0.05) is 25.3 Å². The Labute approximate surface area is 108 Å². The van der Waals surface area contributed by atoms with Gasteiger partial charge in [-0.05, 0) is 27.2 Å². The average molecular weight is 267 g/mol. The second-order valence-electron chi connectivity index (χ2n) is 4.21. The maximum Gasteiger partial charge on any atom is 0.142 e. The first-order chi connectivity index (χ1) is 7.68. The fourth-order valence-electron chi connectivity index (χ4n) is 1.87. The van der Waals surface area contributed by atoms with Gasteiger partial charge in [-0.25, -0.2) is 0 Å². The second kappa shape index (κ2) is 10.6. The molecule has 0 aliphatic rings. The van der Waals surface area contributed by atoms with E-state index < -0.39 is 0 Å². The van der Waals surface area contributed by atoms with E-state index in [1.807, 2.05) is 13.8 Å². The Kier molecular flexibility index (Phi) is 10.9. The van der Waals surface area contributed by atoms with Gasteiger partial charge >= 0.3 is 0 Å². The maximum atomic E-state index is 5.72. The van der Waals surface area contributed by atoms with Gasteiger partial charge in [-0.15, -0.1) is 11.6 Å². The third-order valence-electron chi connectivity index (χ3n) is 2.66. The van der Waals surface area contributed by atoms with Gasteiger partial charge < -0.3 is 9.47 Å². The Morgan fingerprint density at radius 2 is 1.56 bits per heavy atom. The first-order valence-corrected chi connectivity index (χ1v) is 8.76. The summed E-state index contributed by atoms with van der Waals surface area (Å²) < 4.78 is 11.4. The highest BCUT2D eigenvalue weighted by Crippen LogP contribution is 2.15. The third-order valence-corrected chi connectivity index (χ3v) is 5.10. The monoisotopic (exact) mass is 266 g/mol. The minimum atomic E-state index is -0.305. The molecule has 0 spiro atoms. The number of unbranched alkanes of at least 4 members (excludes halogenated alkanes) is 3. The van der Waals surface area contributed by atoms with E-state index >= 15 is 0 Å². The molecule has 0 fully saturated rings. The van der Waals surface area contributed by atoms with Gasteiger partial charge in [0, 0.05) is 19.1 Å². The van der Waals surface area contributed by atoms with Gasteiger partial charge in [0.25, 0.3) is 0 Å². The predicted molar refractivity (Wildman–Crippen MR) is 74.2 cm³/mol. The number of hydrogen-bond acceptors (Lipinski definition) is 2. The van der Waals surface area contributed by atoms with Crippen molar-refractivity contribution in [3.63, 3.8) is 0 Å². The molecule has 0 N–H and O–H groups in total. The number of hydrogen-bond donors (Lipinski definition) is 0. The topological polar surface area (TPSA) is 18.5 Å². The summed E-state index contributed by atoms with van der Waals surface area (Å²) in [5.41, 5.74) is -0.240. The van der Waals surface area contributed by atoms with E-state index in [-0.39, 0.29) is 14.9 Å². The van der Waals surface area contributed by atoms with E-state index in [0.29, 0.717) is 0 Å². The highest BCUT2D eigenvalue weighted by Gasteiger charge is 2.24. The molecule has 0 amide bonds. The zero-order chi connectivity index (χ0) is 12.3. The first kappa shape index (κ1) is 16.4. The van der Waals surface area contributed by atoms with Crippen LogP contribution in [-0.4, -0.2) is 34.0 Å². The van der Waals surface area contributed by atoms with Crippen LogP contribution >= 0.6 is 11.6 Å². The van der Waals surface area contributed by atoms with Gasteiger partial charge in [-0.3, -0.25) is 0 Å². The first-order valence-electron chi connectivity index (χ1n) is 6.52. The van der Waals surface area contributed by atoms with E-state index in [1.165, 1.54) is 25.3 Å². The molecule has 4 heteroatoms. The molecule has 0 heterocycles. The van der Waals surface area contributed by atoms with E-state index in [1.54, 1.807) is 0 Å². The fourth-order valence-corrected chi connectivity index (χ4v) is 4.00. The molecule has 0 rings (SSSR count). The molecule has 0 aliphatic carbocycles. The van der Waals surface area contributed by atoms with Gasteiger partial charge in [-0.2, -0.15) is 0 Å². The summed E-state index contributed by atoms with van der Waals surface area (Å²) in [4.78, 5) is 0. The molecule has 0 aromatic rings. The fraction of sp³-hybridized carbons (Fsp3) is 1.00. The lowest BCUT2D eigenvalue weighted by atomic mass is 10.2. The average Bonchev–Trinajstić information content (AvgIpc) is 2.24. The van der Waals surface area contributed by atoms with Crippen LogP contribution in [0.1, 0.15) is 46.5 Å². The zero-order valence-corrected chi connectivity index (χ0v) is 13.2. The normalized spacial score (nSPS) is 12.8. The SMILES string of the molecule is CCOC(C)(OCC)[SiH2]CCCCCCCl. The molecule has 0 aliphatic heterocycles. The lowest BCUT2D eigenvalue weighted by molar-refractivity contribution is -0.163. The summed E-state index contributed by atoms with van der Waals surface area (Å²) in [6.45, 7) is 7.66. The summed E-state index contributed by atoms with van der Waals surface area (Å²) >= 11 is 5.64. The summed E-state index contributed by atoms with van der Waals surface area (Å²) in [5.74, 6) is 0.799. The van der Waals surface area contributed by atoms with Gasteiger partial charge in [0.1, 0.15) is 5.41 Å². The van der Waals surface area contributed by atoms with Crippen molar-refractivity contribution in [2.75, 3.05) is 19.1 Å². The van der Waals surface area contributed by atoms with Crippen LogP contribution < -0.4 is 0 Å². The standard InChI is InChI=1S/C12H27ClO2Si/c1-4-14-12(3,15-5-2)16-11-9-7-6-8-10-13/h4-11,16H2,1-3H3. The van der Waals surface area contributed by atoms with E-state index in [4.69, 9.17) is 21.1 Å². The van der Waals surface area contributed by atoms with Gasteiger partial charge in [0.2, 0.25) is 0 Å². The zero-order valence-electron chi connectivity index (χ0n) is 11.1. The van der Waals surface area contributed by atoms with Crippen molar-refractivity contribution in [1.82, 2.24) is 0 Å². The number of halogens is 1. The van der Waals surface area contributed by atoms with Crippen LogP contribution in [0.5, 0.6) is 0 Å². The second-order valence-corrected chi connectivity index (χ2v) is 7.08. The van der Waals surface area contributed by atoms with Crippen LogP contribution in [0.15, 0.2) is 0 Å². The molecule has 0 saturated heterocycles. The quantitative estimate of drug-likeness (QED) is 0.248. The molecule has 98 valence electrons. The Balaban J connectivity index is 3.59. The van der Waals surface area contributed by atoms with Crippen molar-refractivity contribution in [2.45, 2.75) is 57.9 Å². The van der Waals surface area contributed by atoms with Crippen LogP contribution in [-0.2, 0) is 9.47 Å². The summed E-state index contributed by atoms with van der Waals surface area (Å²) in [5, 5.41) is 0. The van der Waals surface area contributed by atoms with Crippen molar-refractivity contribution in [2.24, 2.45) is 0 Å². The molecule has 0 bridgehead atoms. The van der Waals surface area contributed by atoms with Gasteiger partial charge in [0.05, 0.1) is 9.52 Å². The maximum absolute atomic E-state index is 5.72. The summed E-state index contributed by atoms with van der Waals surface area (Å²) in [6.07, 6.45) is 5.02. The van der Waals surface area contributed by atoms with Crippen LogP contribution in [0.2, 0.25) is 6.04 Å². The van der Waals surface area contributed by atoms with Crippen LogP contribution in [0.4, 0.5) is 0 Å². The number of alkyl halides is 1. The van der Waals surface area contributed by atoms with Crippen LogP contribution in [0.25, 0.3) is 0 Å². The lowest BCUT2D eigenvalue weighted by Crippen LogP contribution is -2.39. The van der Waals surface area contributed by atoms with Crippen LogP contribution in [0, 0.1) is 0 Å². The minimum absolute atomic E-state index is 0.240. The Hall–Kier alpha value is 0.427. The molecular weight excluding hydrogens is 240 g/mol. The van der Waals surface area contributed by atoms with Crippen molar-refractivity contribution in [1.29, 1.82) is 0 Å². The summed E-state index contributed by atoms with van der Waals surface area (Å²) in [7, 11) is -0.305. The highest BCUT2D eigenvalue weighted by atomic mass is 35.5. The van der Waals surface area contributed by atoms with E-state index in [2.05, 4.69) is 6.92 Å². The Morgan fingerprint density at radius 3 is 2.06 bits per heavy atom. The largest absolute Gasteiger partial charge is 0.355 e. The van der Waals surface area contributed by atoms with Crippen LogP contribution in [0.3, 0.4) is 0 Å². The molecule has 0 unspecified atom stereocenters. The van der Waals surface area contributed by atoms with Gasteiger partial charge in [0.15, 0.2) is 0 Å². The van der Waals surface area contributed by atoms with Crippen molar-refractivity contribution >= 4 is 21.1 Å². The third kappa shape index (κ3) is 8.56. The van der Waals surface area contributed by atoms with Crippen molar-refractivity contribution < 1.29 is 9.47 Å². The lowest BCUT2D eigenvalue weighted by Gasteiger charge is -2.29. The molecule has 0 radical (unpaired) electrons. The molecular formula is C12H27ClO2Si. The number of ether oxygens (including phenoxy) is 2. The van der Waals surface area contributed by atoms with Crippen molar-refractivity contribution in [3.8, 4) is 0 Å². The molecule has 0 aromatic heterocycles.